The molecule has 0 saturated carbocycles. The number of rotatable bonds is 3. The van der Waals surface area contributed by atoms with Crippen molar-refractivity contribution >= 4 is 28.9 Å². The van der Waals surface area contributed by atoms with Gasteiger partial charge in [0, 0.05) is 23.3 Å². The fourth-order valence-electron chi connectivity index (χ4n) is 3.12. The van der Waals surface area contributed by atoms with E-state index in [9.17, 15) is 4.79 Å². The van der Waals surface area contributed by atoms with Crippen molar-refractivity contribution in [3.63, 3.8) is 0 Å². The first-order chi connectivity index (χ1) is 12.7. The molecule has 2 heterocycles. The first-order valence-electron chi connectivity index (χ1n) is 8.16. The van der Waals surface area contributed by atoms with E-state index in [-0.39, 0.29) is 12.3 Å². The number of fused-ring (bicyclic) bond motifs is 1. The lowest BCUT2D eigenvalue weighted by Gasteiger charge is -2.19. The number of hydrogen-bond donors (Lipinski definition) is 0. The lowest BCUT2D eigenvalue weighted by molar-refractivity contribution is -0.117. The molecule has 2 aromatic carbocycles. The Morgan fingerprint density at radius 2 is 1.88 bits per heavy atom. The summed E-state index contributed by atoms with van der Waals surface area (Å²) >= 11 is 5.96. The molecule has 0 saturated heterocycles. The number of carbonyl (C=O) groups excluding carboxylic acids is 1. The fourth-order valence-corrected chi connectivity index (χ4v) is 3.25. The molecule has 1 amide bonds. The Kier molecular flexibility index (Phi) is 4.16. The molecule has 0 aliphatic carbocycles. The maximum atomic E-state index is 12.5. The first kappa shape index (κ1) is 16.3. The molecule has 1 aliphatic heterocycles. The third kappa shape index (κ3) is 2.94. The quantitative estimate of drug-likeness (QED) is 0.614. The van der Waals surface area contributed by atoms with Crippen molar-refractivity contribution in [1.82, 2.24) is 4.98 Å². The van der Waals surface area contributed by atoms with Crippen molar-refractivity contribution in [3.05, 3.63) is 88.5 Å². The molecule has 0 spiro atoms. The smallest absolute Gasteiger partial charge is 0.233 e. The number of nitrogens with zero attached hydrogens (tertiary/aromatic N) is 3. The van der Waals surface area contributed by atoms with Crippen molar-refractivity contribution in [1.29, 1.82) is 0 Å². The molecule has 0 N–H and O–H groups in total. The van der Waals surface area contributed by atoms with E-state index in [0.29, 0.717) is 17.3 Å². The molecule has 0 radical (unpaired) electrons. The summed E-state index contributed by atoms with van der Waals surface area (Å²) < 4.78 is 0. The van der Waals surface area contributed by atoms with Gasteiger partial charge in [-0.1, -0.05) is 48.0 Å². The number of amides is 1. The van der Waals surface area contributed by atoms with Gasteiger partial charge in [0.2, 0.25) is 5.91 Å². The van der Waals surface area contributed by atoms with Crippen molar-refractivity contribution in [2.75, 3.05) is 4.90 Å². The molecule has 1 aliphatic rings. The average molecular weight is 360 g/mol. The van der Waals surface area contributed by atoms with E-state index >= 15 is 0 Å². The van der Waals surface area contributed by atoms with Crippen molar-refractivity contribution < 1.29 is 4.79 Å². The highest BCUT2D eigenvalue weighted by atomic mass is 35.5. The number of carbonyl (C=O) groups is 1. The van der Waals surface area contributed by atoms with E-state index in [4.69, 9.17) is 18.2 Å². The summed E-state index contributed by atoms with van der Waals surface area (Å²) in [5.41, 5.74) is 4.90. The Morgan fingerprint density at radius 1 is 1.12 bits per heavy atom. The highest BCUT2D eigenvalue weighted by molar-refractivity contribution is 6.30. The normalized spacial score (nSPS) is 12.8. The number of halogens is 1. The minimum Gasteiger partial charge on any atom is -0.307 e. The number of hydrogen-bond acceptors (Lipinski definition) is 2. The van der Waals surface area contributed by atoms with Crippen LogP contribution in [0.2, 0.25) is 5.02 Å². The van der Waals surface area contributed by atoms with E-state index in [1.807, 2.05) is 48.5 Å². The maximum Gasteiger partial charge on any atom is 0.233 e. The fraction of sp³-hybridized carbons (Fsp3) is 0.0952. The van der Waals surface area contributed by atoms with Crippen molar-refractivity contribution in [2.45, 2.75) is 13.0 Å². The van der Waals surface area contributed by atoms with Gasteiger partial charge in [0.05, 0.1) is 24.4 Å². The third-order valence-corrected chi connectivity index (χ3v) is 4.73. The lowest BCUT2D eigenvalue weighted by Crippen LogP contribution is -2.26. The van der Waals surface area contributed by atoms with E-state index in [0.717, 1.165) is 28.1 Å². The summed E-state index contributed by atoms with van der Waals surface area (Å²) in [6.07, 6.45) is 2.07. The third-order valence-electron chi connectivity index (χ3n) is 4.48. The van der Waals surface area contributed by atoms with Gasteiger partial charge >= 0.3 is 0 Å². The van der Waals surface area contributed by atoms with Gasteiger partial charge in [0.25, 0.3) is 0 Å². The number of anilines is 1. The van der Waals surface area contributed by atoms with Crippen LogP contribution in [-0.4, -0.2) is 10.9 Å². The largest absolute Gasteiger partial charge is 0.307 e. The molecule has 1 aromatic heterocycles. The Labute approximate surface area is 156 Å². The topological polar surface area (TPSA) is 37.6 Å². The molecule has 0 fully saturated rings. The van der Waals surface area contributed by atoms with Gasteiger partial charge < -0.3 is 4.90 Å². The highest BCUT2D eigenvalue weighted by Gasteiger charge is 2.29. The van der Waals surface area contributed by atoms with Crippen LogP contribution in [0.25, 0.3) is 16.0 Å². The molecular weight excluding hydrogens is 346 g/mol. The summed E-state index contributed by atoms with van der Waals surface area (Å²) in [5, 5.41) is 0.676. The van der Waals surface area contributed by atoms with Gasteiger partial charge in [-0.15, -0.1) is 0 Å². The van der Waals surface area contributed by atoms with Crippen LogP contribution >= 0.6 is 11.6 Å². The van der Waals surface area contributed by atoms with E-state index in [1.165, 1.54) is 0 Å². The zero-order chi connectivity index (χ0) is 18.1. The van der Waals surface area contributed by atoms with Crippen LogP contribution in [0.5, 0.6) is 0 Å². The molecule has 0 bridgehead atoms. The standard InChI is InChI=1S/C21H14ClN3O/c1-23-18-5-3-2-4-15(18)13-25-20-10-16(12-24-19(20)11-21(25)26)14-6-8-17(22)9-7-14/h2-10,12H,11,13H2. The van der Waals surface area contributed by atoms with E-state index in [2.05, 4.69) is 9.83 Å². The molecule has 5 heteroatoms. The number of benzene rings is 2. The summed E-state index contributed by atoms with van der Waals surface area (Å²) in [6.45, 7) is 7.69. The molecule has 0 unspecified atom stereocenters. The second-order valence-corrected chi connectivity index (χ2v) is 6.53. The second kappa shape index (κ2) is 6.62. The van der Waals surface area contributed by atoms with E-state index < -0.39 is 0 Å². The van der Waals surface area contributed by atoms with Crippen LogP contribution < -0.4 is 4.90 Å². The van der Waals surface area contributed by atoms with Crippen LogP contribution in [0, 0.1) is 6.57 Å². The van der Waals surface area contributed by atoms with Crippen molar-refractivity contribution in [2.24, 2.45) is 0 Å². The van der Waals surface area contributed by atoms with Crippen LogP contribution in [0.15, 0.2) is 60.8 Å². The van der Waals surface area contributed by atoms with Crippen LogP contribution in [-0.2, 0) is 17.8 Å². The van der Waals surface area contributed by atoms with Gasteiger partial charge in [0.1, 0.15) is 0 Å². The predicted octanol–water partition coefficient (Wildman–Crippen LogP) is 5.04. The summed E-state index contributed by atoms with van der Waals surface area (Å²) in [4.78, 5) is 22.3. The molecule has 26 heavy (non-hydrogen) atoms. The van der Waals surface area contributed by atoms with Crippen molar-refractivity contribution in [3.8, 4) is 11.1 Å². The van der Waals surface area contributed by atoms with Gasteiger partial charge in [-0.05, 0) is 29.3 Å². The van der Waals surface area contributed by atoms with Gasteiger partial charge in [-0.3, -0.25) is 9.78 Å². The number of pyridine rings is 1. The predicted molar refractivity (Wildman–Crippen MR) is 102 cm³/mol. The maximum absolute atomic E-state index is 12.5. The van der Waals surface area contributed by atoms with Gasteiger partial charge in [0.15, 0.2) is 5.69 Å². The highest BCUT2D eigenvalue weighted by Crippen LogP contribution is 2.34. The average Bonchev–Trinajstić information content (AvgIpc) is 2.97. The Bertz CT molecular complexity index is 1040. The summed E-state index contributed by atoms with van der Waals surface area (Å²) in [7, 11) is 0. The zero-order valence-corrected chi connectivity index (χ0v) is 14.6. The summed E-state index contributed by atoms with van der Waals surface area (Å²) in [5.74, 6) is 0.000500. The molecule has 3 aromatic rings. The minimum absolute atomic E-state index is 0.000500. The molecule has 4 rings (SSSR count). The second-order valence-electron chi connectivity index (χ2n) is 6.09. The first-order valence-corrected chi connectivity index (χ1v) is 8.54. The monoisotopic (exact) mass is 359 g/mol. The number of aromatic nitrogens is 1. The SMILES string of the molecule is [C-]#[N+]c1ccccc1CN1C(=O)Cc2ncc(-c3ccc(Cl)cc3)cc21. The van der Waals surface area contributed by atoms with Crippen LogP contribution in [0.1, 0.15) is 11.3 Å². The summed E-state index contributed by atoms with van der Waals surface area (Å²) in [6, 6.07) is 16.9. The Balaban J connectivity index is 1.72. The number of para-hydroxylation sites is 1. The van der Waals surface area contributed by atoms with Crippen LogP contribution in [0.3, 0.4) is 0 Å². The Morgan fingerprint density at radius 3 is 2.65 bits per heavy atom. The lowest BCUT2D eigenvalue weighted by atomic mass is 10.1. The molecule has 126 valence electrons. The van der Waals surface area contributed by atoms with Gasteiger partial charge in [-0.2, -0.15) is 0 Å². The minimum atomic E-state index is 0.000500. The van der Waals surface area contributed by atoms with Crippen LogP contribution in [0.4, 0.5) is 11.4 Å². The molecular formula is C21H14ClN3O. The van der Waals surface area contributed by atoms with E-state index in [1.54, 1.807) is 17.2 Å². The Hall–Kier alpha value is -3.16. The van der Waals surface area contributed by atoms with Gasteiger partial charge in [-0.25, -0.2) is 4.85 Å². The molecule has 4 nitrogen and oxygen atoms in total. The molecule has 0 atom stereocenters. The zero-order valence-electron chi connectivity index (χ0n) is 13.8.